The summed E-state index contributed by atoms with van der Waals surface area (Å²) in [4.78, 5) is 12.2. The highest BCUT2D eigenvalue weighted by Crippen LogP contribution is 2.25. The van der Waals surface area contributed by atoms with Crippen LogP contribution in [0.4, 0.5) is 0 Å². The maximum atomic E-state index is 12.2. The smallest absolute Gasteiger partial charge is 0.223 e. The van der Waals surface area contributed by atoms with Crippen molar-refractivity contribution in [2.45, 2.75) is 89.4 Å². The van der Waals surface area contributed by atoms with Crippen molar-refractivity contribution in [1.29, 1.82) is 0 Å². The van der Waals surface area contributed by atoms with Crippen LogP contribution in [0, 0.1) is 0 Å². The van der Waals surface area contributed by atoms with E-state index in [0.29, 0.717) is 12.8 Å². The lowest BCUT2D eigenvalue weighted by Gasteiger charge is -2.33. The summed E-state index contributed by atoms with van der Waals surface area (Å²) in [5.74, 6) is -0.0386. The molecule has 1 amide bonds. The van der Waals surface area contributed by atoms with E-state index in [-0.39, 0.29) is 24.5 Å². The molecule has 1 aliphatic rings. The van der Waals surface area contributed by atoms with Crippen LogP contribution >= 0.6 is 0 Å². The standard InChI is InChI=1S/C16H31NO3/c1-4-10-16(19,11-5-2)12-15(18)17-13-8-6-7-9-14(13)20-3/h13-14,19H,4-12H2,1-3H3,(H,17,18). The fraction of sp³-hybridized carbons (Fsp3) is 0.938. The third kappa shape index (κ3) is 5.41. The molecule has 0 radical (unpaired) electrons. The number of methoxy groups -OCH3 is 1. The topological polar surface area (TPSA) is 58.6 Å². The van der Waals surface area contributed by atoms with Gasteiger partial charge < -0.3 is 15.2 Å². The molecule has 1 aliphatic carbocycles. The fourth-order valence-corrected chi connectivity index (χ4v) is 3.33. The van der Waals surface area contributed by atoms with E-state index in [1.54, 1.807) is 7.11 Å². The molecule has 4 nitrogen and oxygen atoms in total. The lowest BCUT2D eigenvalue weighted by molar-refractivity contribution is -0.129. The van der Waals surface area contributed by atoms with Crippen LogP contribution in [-0.4, -0.2) is 35.9 Å². The Morgan fingerprint density at radius 2 is 1.85 bits per heavy atom. The maximum Gasteiger partial charge on any atom is 0.223 e. The van der Waals surface area contributed by atoms with E-state index in [1.807, 2.05) is 13.8 Å². The van der Waals surface area contributed by atoms with Crippen LogP contribution in [0.5, 0.6) is 0 Å². The molecular weight excluding hydrogens is 254 g/mol. The van der Waals surface area contributed by atoms with Crippen molar-refractivity contribution in [3.63, 3.8) is 0 Å². The Bertz CT molecular complexity index is 287. The van der Waals surface area contributed by atoms with Crippen LogP contribution in [0.3, 0.4) is 0 Å². The Hall–Kier alpha value is -0.610. The van der Waals surface area contributed by atoms with Crippen molar-refractivity contribution in [2.75, 3.05) is 7.11 Å². The molecular formula is C16H31NO3. The molecule has 0 aliphatic heterocycles. The van der Waals surface area contributed by atoms with Gasteiger partial charge in [0.05, 0.1) is 24.2 Å². The lowest BCUT2D eigenvalue weighted by atomic mass is 9.88. The molecule has 118 valence electrons. The van der Waals surface area contributed by atoms with Crippen molar-refractivity contribution < 1.29 is 14.6 Å². The maximum absolute atomic E-state index is 12.2. The summed E-state index contributed by atoms with van der Waals surface area (Å²) in [7, 11) is 1.71. The Morgan fingerprint density at radius 1 is 1.25 bits per heavy atom. The summed E-state index contributed by atoms with van der Waals surface area (Å²) in [6.45, 7) is 4.08. The summed E-state index contributed by atoms with van der Waals surface area (Å²) >= 11 is 0. The average Bonchev–Trinajstić information content (AvgIpc) is 2.39. The number of amides is 1. The number of nitrogens with one attached hydrogen (secondary N) is 1. The molecule has 1 fully saturated rings. The first-order valence-corrected chi connectivity index (χ1v) is 8.09. The van der Waals surface area contributed by atoms with Gasteiger partial charge in [-0.3, -0.25) is 4.79 Å². The number of rotatable bonds is 8. The SMILES string of the molecule is CCCC(O)(CCC)CC(=O)NC1CCCCC1OC. The number of carbonyl (C=O) groups excluding carboxylic acids is 1. The van der Waals surface area contributed by atoms with Gasteiger partial charge in [0.2, 0.25) is 5.91 Å². The fourth-order valence-electron chi connectivity index (χ4n) is 3.33. The van der Waals surface area contributed by atoms with E-state index in [2.05, 4.69) is 5.32 Å². The Labute approximate surface area is 123 Å². The molecule has 1 saturated carbocycles. The number of ether oxygens (including phenoxy) is 1. The van der Waals surface area contributed by atoms with E-state index in [9.17, 15) is 9.90 Å². The molecule has 0 saturated heterocycles. The second-order valence-electron chi connectivity index (χ2n) is 6.13. The van der Waals surface area contributed by atoms with Gasteiger partial charge in [0.25, 0.3) is 0 Å². The largest absolute Gasteiger partial charge is 0.389 e. The predicted octanol–water partition coefficient (Wildman–Crippen LogP) is 2.78. The molecule has 2 atom stereocenters. The zero-order valence-corrected chi connectivity index (χ0v) is 13.3. The van der Waals surface area contributed by atoms with E-state index < -0.39 is 5.60 Å². The van der Waals surface area contributed by atoms with Gasteiger partial charge in [-0.1, -0.05) is 39.5 Å². The summed E-state index contributed by atoms with van der Waals surface area (Å²) < 4.78 is 5.45. The van der Waals surface area contributed by atoms with Gasteiger partial charge in [-0.2, -0.15) is 0 Å². The number of carbonyl (C=O) groups is 1. The molecule has 1 rings (SSSR count). The third-order valence-corrected chi connectivity index (χ3v) is 4.27. The average molecular weight is 285 g/mol. The van der Waals surface area contributed by atoms with Gasteiger partial charge in [0.15, 0.2) is 0 Å². The number of hydrogen-bond acceptors (Lipinski definition) is 3. The molecule has 0 bridgehead atoms. The van der Waals surface area contributed by atoms with Crippen LogP contribution in [-0.2, 0) is 9.53 Å². The normalized spacial score (nSPS) is 23.6. The highest BCUT2D eigenvalue weighted by molar-refractivity contribution is 5.77. The highest BCUT2D eigenvalue weighted by Gasteiger charge is 2.31. The van der Waals surface area contributed by atoms with Gasteiger partial charge in [0.1, 0.15) is 0 Å². The van der Waals surface area contributed by atoms with Crippen LogP contribution in [0.25, 0.3) is 0 Å². The van der Waals surface area contributed by atoms with E-state index in [0.717, 1.165) is 32.1 Å². The molecule has 2 N–H and O–H groups in total. The Balaban J connectivity index is 2.51. The molecule has 20 heavy (non-hydrogen) atoms. The molecule has 0 heterocycles. The van der Waals surface area contributed by atoms with Crippen molar-refractivity contribution in [3.05, 3.63) is 0 Å². The molecule has 4 heteroatoms. The minimum Gasteiger partial charge on any atom is -0.389 e. The second kappa shape index (κ2) is 8.63. The van der Waals surface area contributed by atoms with E-state index >= 15 is 0 Å². The van der Waals surface area contributed by atoms with Gasteiger partial charge in [0, 0.05) is 7.11 Å². The Kier molecular flexibility index (Phi) is 7.52. The molecule has 0 aromatic heterocycles. The summed E-state index contributed by atoms with van der Waals surface area (Å²) in [6, 6.07) is 0.105. The molecule has 0 spiro atoms. The minimum atomic E-state index is -0.842. The molecule has 2 unspecified atom stereocenters. The lowest BCUT2D eigenvalue weighted by Crippen LogP contribution is -2.48. The van der Waals surface area contributed by atoms with Crippen molar-refractivity contribution in [1.82, 2.24) is 5.32 Å². The summed E-state index contributed by atoms with van der Waals surface area (Å²) in [6.07, 6.45) is 7.79. The van der Waals surface area contributed by atoms with Crippen LogP contribution in [0.1, 0.15) is 71.6 Å². The highest BCUT2D eigenvalue weighted by atomic mass is 16.5. The minimum absolute atomic E-state index is 0.0386. The molecule has 0 aromatic carbocycles. The first-order chi connectivity index (χ1) is 9.54. The first kappa shape index (κ1) is 17.4. The zero-order valence-electron chi connectivity index (χ0n) is 13.3. The van der Waals surface area contributed by atoms with Gasteiger partial charge >= 0.3 is 0 Å². The van der Waals surface area contributed by atoms with E-state index in [4.69, 9.17) is 4.74 Å². The zero-order chi connectivity index (χ0) is 15.0. The van der Waals surface area contributed by atoms with Crippen LogP contribution in [0.2, 0.25) is 0 Å². The van der Waals surface area contributed by atoms with Crippen molar-refractivity contribution in [2.24, 2.45) is 0 Å². The second-order valence-corrected chi connectivity index (χ2v) is 6.13. The predicted molar refractivity (Wildman–Crippen MR) is 80.6 cm³/mol. The van der Waals surface area contributed by atoms with Gasteiger partial charge in [-0.05, 0) is 25.7 Å². The quantitative estimate of drug-likeness (QED) is 0.721. The number of aliphatic hydroxyl groups is 1. The summed E-state index contributed by atoms with van der Waals surface area (Å²) in [5.41, 5.74) is -0.842. The van der Waals surface area contributed by atoms with Crippen molar-refractivity contribution in [3.8, 4) is 0 Å². The van der Waals surface area contributed by atoms with Crippen LogP contribution < -0.4 is 5.32 Å². The molecule has 0 aromatic rings. The van der Waals surface area contributed by atoms with Crippen LogP contribution in [0.15, 0.2) is 0 Å². The Morgan fingerprint density at radius 3 is 2.40 bits per heavy atom. The van der Waals surface area contributed by atoms with Gasteiger partial charge in [-0.15, -0.1) is 0 Å². The van der Waals surface area contributed by atoms with Gasteiger partial charge in [-0.25, -0.2) is 0 Å². The van der Waals surface area contributed by atoms with E-state index in [1.165, 1.54) is 6.42 Å². The summed E-state index contributed by atoms with van der Waals surface area (Å²) in [5, 5.41) is 13.6. The first-order valence-electron chi connectivity index (χ1n) is 8.09. The third-order valence-electron chi connectivity index (χ3n) is 4.27. The number of hydrogen-bond donors (Lipinski definition) is 2. The monoisotopic (exact) mass is 285 g/mol. The van der Waals surface area contributed by atoms with Crippen molar-refractivity contribution >= 4 is 5.91 Å².